The maximum Gasteiger partial charge on any atom is 0.124 e. The van der Waals surface area contributed by atoms with Crippen molar-refractivity contribution in [2.75, 3.05) is 33.3 Å². The van der Waals surface area contributed by atoms with Crippen LogP contribution in [0.5, 0.6) is 5.75 Å². The van der Waals surface area contributed by atoms with E-state index in [0.29, 0.717) is 5.75 Å². The van der Waals surface area contributed by atoms with E-state index in [4.69, 9.17) is 4.74 Å². The van der Waals surface area contributed by atoms with Gasteiger partial charge in [-0.2, -0.15) is 0 Å². The van der Waals surface area contributed by atoms with E-state index in [0.717, 1.165) is 54.6 Å². The molecule has 1 atom stereocenters. The Labute approximate surface area is 159 Å². The Bertz CT molecular complexity index is 922. The Morgan fingerprint density at radius 2 is 2.00 bits per heavy atom. The van der Waals surface area contributed by atoms with E-state index in [1.807, 2.05) is 24.4 Å². The van der Waals surface area contributed by atoms with Crippen LogP contribution in [0.25, 0.3) is 10.9 Å². The average Bonchev–Trinajstić information content (AvgIpc) is 2.98. The summed E-state index contributed by atoms with van der Waals surface area (Å²) in [5.74, 6) is 0.448. The molecular weight excluding hydrogens is 341 g/mol. The number of para-hydroxylation sites is 1. The number of methoxy groups -OCH3 is 1. The fraction of sp³-hybridized carbons (Fsp3) is 0.318. The van der Waals surface area contributed by atoms with Gasteiger partial charge in [-0.1, -0.05) is 18.2 Å². The van der Waals surface area contributed by atoms with E-state index in [-0.39, 0.29) is 11.9 Å². The number of ether oxygens (including phenoxy) is 1. The van der Waals surface area contributed by atoms with Crippen molar-refractivity contribution in [3.05, 3.63) is 71.7 Å². The first kappa shape index (κ1) is 17.9. The van der Waals surface area contributed by atoms with Crippen molar-refractivity contribution in [2.24, 2.45) is 0 Å². The summed E-state index contributed by atoms with van der Waals surface area (Å²) >= 11 is 0. The van der Waals surface area contributed by atoms with Gasteiger partial charge >= 0.3 is 0 Å². The van der Waals surface area contributed by atoms with Gasteiger partial charge < -0.3 is 10.1 Å². The number of nitrogens with zero attached hydrogens (tertiary/aromatic N) is 2. The summed E-state index contributed by atoms with van der Waals surface area (Å²) in [4.78, 5) is 7.04. The molecule has 0 aliphatic carbocycles. The molecule has 1 aliphatic rings. The summed E-state index contributed by atoms with van der Waals surface area (Å²) in [6, 6.07) is 14.9. The molecule has 0 radical (unpaired) electrons. The molecule has 0 saturated carbocycles. The van der Waals surface area contributed by atoms with Crippen LogP contribution >= 0.6 is 0 Å². The Morgan fingerprint density at radius 1 is 1.11 bits per heavy atom. The second-order valence-corrected chi connectivity index (χ2v) is 6.89. The molecule has 140 valence electrons. The van der Waals surface area contributed by atoms with Crippen LogP contribution in [0.15, 0.2) is 54.7 Å². The summed E-state index contributed by atoms with van der Waals surface area (Å²) in [5, 5.41) is 4.53. The van der Waals surface area contributed by atoms with Crippen molar-refractivity contribution >= 4 is 10.9 Å². The maximum atomic E-state index is 14.2. The van der Waals surface area contributed by atoms with Gasteiger partial charge in [-0.3, -0.25) is 9.88 Å². The molecule has 0 amide bonds. The Morgan fingerprint density at radius 3 is 2.89 bits per heavy atom. The molecule has 0 spiro atoms. The number of nitrogens with one attached hydrogen (secondary N) is 1. The lowest BCUT2D eigenvalue weighted by Crippen LogP contribution is -2.33. The number of hydrogen-bond donors (Lipinski definition) is 1. The topological polar surface area (TPSA) is 37.4 Å². The summed E-state index contributed by atoms with van der Waals surface area (Å²) in [5.41, 5.74) is 2.86. The molecule has 1 unspecified atom stereocenters. The van der Waals surface area contributed by atoms with Gasteiger partial charge in [0.1, 0.15) is 11.6 Å². The molecule has 3 aromatic rings. The number of fused-ring (bicyclic) bond motifs is 1. The Balaban J connectivity index is 1.85. The molecule has 1 saturated heterocycles. The van der Waals surface area contributed by atoms with Crippen LogP contribution in [0.4, 0.5) is 4.39 Å². The van der Waals surface area contributed by atoms with Crippen molar-refractivity contribution in [1.82, 2.24) is 15.2 Å². The lowest BCUT2D eigenvalue weighted by Gasteiger charge is -2.32. The highest BCUT2D eigenvalue weighted by Crippen LogP contribution is 2.36. The molecule has 1 aliphatic heterocycles. The van der Waals surface area contributed by atoms with Gasteiger partial charge in [0, 0.05) is 36.8 Å². The van der Waals surface area contributed by atoms with Crippen LogP contribution in [-0.4, -0.2) is 43.2 Å². The highest BCUT2D eigenvalue weighted by atomic mass is 19.1. The first-order valence-corrected chi connectivity index (χ1v) is 9.39. The van der Waals surface area contributed by atoms with Crippen molar-refractivity contribution in [3.8, 4) is 5.75 Å². The van der Waals surface area contributed by atoms with Crippen molar-refractivity contribution < 1.29 is 9.13 Å². The monoisotopic (exact) mass is 365 g/mol. The summed E-state index contributed by atoms with van der Waals surface area (Å²) in [6.45, 7) is 3.73. The predicted molar refractivity (Wildman–Crippen MR) is 106 cm³/mol. The summed E-state index contributed by atoms with van der Waals surface area (Å²) < 4.78 is 19.7. The molecule has 4 nitrogen and oxygen atoms in total. The Kier molecular flexibility index (Phi) is 5.32. The second kappa shape index (κ2) is 8.03. The molecule has 4 rings (SSSR count). The molecule has 0 bridgehead atoms. The first-order valence-electron chi connectivity index (χ1n) is 9.39. The van der Waals surface area contributed by atoms with Gasteiger partial charge in [-0.15, -0.1) is 0 Å². The van der Waals surface area contributed by atoms with E-state index in [1.54, 1.807) is 19.2 Å². The summed E-state index contributed by atoms with van der Waals surface area (Å²) in [7, 11) is 1.64. The minimum Gasteiger partial charge on any atom is -0.496 e. The standard InChI is InChI=1S/C22H24FN3O/c1-27-21-8-7-18(23)14-19(21)22(26-11-4-9-24-10-12-26)17-13-16-5-2-3-6-20(16)25-15-17/h2-3,5-8,13-15,22,24H,4,9-12H2,1H3. The third-order valence-corrected chi connectivity index (χ3v) is 5.15. The van der Waals surface area contributed by atoms with Gasteiger partial charge in [-0.05, 0) is 48.9 Å². The van der Waals surface area contributed by atoms with E-state index in [2.05, 4.69) is 27.3 Å². The highest BCUT2D eigenvalue weighted by Gasteiger charge is 2.27. The molecule has 1 aromatic heterocycles. The zero-order chi connectivity index (χ0) is 18.6. The molecule has 1 fully saturated rings. The largest absolute Gasteiger partial charge is 0.496 e. The van der Waals surface area contributed by atoms with Crippen LogP contribution in [0.1, 0.15) is 23.6 Å². The van der Waals surface area contributed by atoms with Crippen molar-refractivity contribution in [3.63, 3.8) is 0 Å². The van der Waals surface area contributed by atoms with Crippen LogP contribution < -0.4 is 10.1 Å². The minimum atomic E-state index is -0.252. The van der Waals surface area contributed by atoms with Gasteiger partial charge in [-0.25, -0.2) is 4.39 Å². The van der Waals surface area contributed by atoms with Crippen LogP contribution in [0.2, 0.25) is 0 Å². The molecule has 2 aromatic carbocycles. The SMILES string of the molecule is COc1ccc(F)cc1C(c1cnc2ccccc2c1)N1CCCNCC1. The number of rotatable bonds is 4. The normalized spacial score (nSPS) is 16.8. The number of benzene rings is 2. The fourth-order valence-electron chi connectivity index (χ4n) is 3.87. The average molecular weight is 365 g/mol. The lowest BCUT2D eigenvalue weighted by atomic mass is 9.95. The molecule has 1 N–H and O–H groups in total. The smallest absolute Gasteiger partial charge is 0.124 e. The minimum absolute atomic E-state index is 0.104. The second-order valence-electron chi connectivity index (χ2n) is 6.89. The van der Waals surface area contributed by atoms with Gasteiger partial charge in [0.2, 0.25) is 0 Å². The molecular formula is C22H24FN3O. The van der Waals surface area contributed by atoms with E-state index in [1.165, 1.54) is 6.07 Å². The highest BCUT2D eigenvalue weighted by molar-refractivity contribution is 5.79. The maximum absolute atomic E-state index is 14.2. The quantitative estimate of drug-likeness (QED) is 0.764. The zero-order valence-electron chi connectivity index (χ0n) is 15.5. The Hall–Kier alpha value is -2.50. The third-order valence-electron chi connectivity index (χ3n) is 5.15. The predicted octanol–water partition coefficient (Wildman–Crippen LogP) is 3.77. The van der Waals surface area contributed by atoms with Crippen molar-refractivity contribution in [1.29, 1.82) is 0 Å². The molecule has 2 heterocycles. The zero-order valence-corrected chi connectivity index (χ0v) is 15.5. The number of aromatic nitrogens is 1. The number of halogens is 1. The number of pyridine rings is 1. The van der Waals surface area contributed by atoms with Crippen molar-refractivity contribution in [2.45, 2.75) is 12.5 Å². The number of hydrogen-bond acceptors (Lipinski definition) is 4. The van der Waals surface area contributed by atoms with E-state index >= 15 is 0 Å². The van der Waals surface area contributed by atoms with Gasteiger partial charge in [0.25, 0.3) is 0 Å². The van der Waals surface area contributed by atoms with Gasteiger partial charge in [0.15, 0.2) is 0 Å². The summed E-state index contributed by atoms with van der Waals surface area (Å²) in [6.07, 6.45) is 2.96. The first-order chi connectivity index (χ1) is 13.3. The third kappa shape index (κ3) is 3.80. The van der Waals surface area contributed by atoms with Crippen LogP contribution in [0, 0.1) is 5.82 Å². The van der Waals surface area contributed by atoms with Crippen LogP contribution in [0.3, 0.4) is 0 Å². The van der Waals surface area contributed by atoms with Gasteiger partial charge in [0.05, 0.1) is 18.7 Å². The fourth-order valence-corrected chi connectivity index (χ4v) is 3.87. The molecule has 5 heteroatoms. The lowest BCUT2D eigenvalue weighted by molar-refractivity contribution is 0.235. The van der Waals surface area contributed by atoms with E-state index < -0.39 is 0 Å². The molecule has 27 heavy (non-hydrogen) atoms. The van der Waals surface area contributed by atoms with E-state index in [9.17, 15) is 4.39 Å². The van der Waals surface area contributed by atoms with Crippen LogP contribution in [-0.2, 0) is 0 Å².